The molecule has 1 saturated heterocycles. The molecule has 0 bridgehead atoms. The van der Waals surface area contributed by atoms with Crippen molar-refractivity contribution in [1.29, 1.82) is 0 Å². The maximum atomic E-state index is 5.81. The molecule has 9 heavy (non-hydrogen) atoms. The molecular formula is C6H5ClOS. The van der Waals surface area contributed by atoms with Crippen LogP contribution in [-0.4, -0.2) is 6.61 Å². The van der Waals surface area contributed by atoms with E-state index in [1.54, 1.807) is 11.3 Å². The van der Waals surface area contributed by atoms with Gasteiger partial charge in [0.15, 0.2) is 0 Å². The minimum absolute atomic E-state index is 0.317. The second kappa shape index (κ2) is 1.97. The monoisotopic (exact) mass is 160 g/mol. The van der Waals surface area contributed by atoms with Gasteiger partial charge in [0.2, 0.25) is 0 Å². The average Bonchev–Trinajstić information content (AvgIpc) is 2.58. The Morgan fingerprint density at radius 2 is 2.56 bits per heavy atom. The molecule has 2 rings (SSSR count). The maximum absolute atomic E-state index is 5.81. The molecule has 2 heterocycles. The molecular weight excluding hydrogens is 156 g/mol. The van der Waals surface area contributed by atoms with Gasteiger partial charge in [0.1, 0.15) is 6.10 Å². The van der Waals surface area contributed by atoms with Crippen molar-refractivity contribution in [3.05, 3.63) is 21.3 Å². The molecule has 1 aliphatic rings. The highest BCUT2D eigenvalue weighted by Crippen LogP contribution is 2.38. The Morgan fingerprint density at radius 1 is 1.78 bits per heavy atom. The SMILES string of the molecule is Clc1ccsc1[C@H]1CO1. The number of ether oxygens (including phenoxy) is 1. The smallest absolute Gasteiger partial charge is 0.117 e. The number of halogens is 1. The van der Waals surface area contributed by atoms with Crippen LogP contribution in [0.25, 0.3) is 0 Å². The summed E-state index contributed by atoms with van der Waals surface area (Å²) in [5, 5.41) is 2.84. The molecule has 0 radical (unpaired) electrons. The summed E-state index contributed by atoms with van der Waals surface area (Å²) in [5.41, 5.74) is 0. The van der Waals surface area contributed by atoms with Crippen LogP contribution in [0, 0.1) is 0 Å². The topological polar surface area (TPSA) is 12.5 Å². The summed E-state index contributed by atoms with van der Waals surface area (Å²) < 4.78 is 5.06. The van der Waals surface area contributed by atoms with E-state index in [2.05, 4.69) is 0 Å². The van der Waals surface area contributed by atoms with Gasteiger partial charge < -0.3 is 4.74 Å². The fraction of sp³-hybridized carbons (Fsp3) is 0.333. The second-order valence-electron chi connectivity index (χ2n) is 1.95. The summed E-state index contributed by atoms with van der Waals surface area (Å²) >= 11 is 7.47. The van der Waals surface area contributed by atoms with Gasteiger partial charge in [-0.25, -0.2) is 0 Å². The van der Waals surface area contributed by atoms with Gasteiger partial charge in [-0.05, 0) is 11.4 Å². The Labute approximate surface area is 62.2 Å². The van der Waals surface area contributed by atoms with Gasteiger partial charge in [0, 0.05) is 0 Å². The van der Waals surface area contributed by atoms with Gasteiger partial charge in [-0.1, -0.05) is 11.6 Å². The summed E-state index contributed by atoms with van der Waals surface area (Å²) in [6, 6.07) is 1.91. The van der Waals surface area contributed by atoms with Gasteiger partial charge >= 0.3 is 0 Å². The van der Waals surface area contributed by atoms with E-state index < -0.39 is 0 Å². The first-order valence-corrected chi connectivity index (χ1v) is 3.98. The van der Waals surface area contributed by atoms with Crippen LogP contribution in [0.15, 0.2) is 11.4 Å². The van der Waals surface area contributed by atoms with Crippen LogP contribution in [0.5, 0.6) is 0 Å². The largest absolute Gasteiger partial charge is 0.367 e. The average molecular weight is 161 g/mol. The van der Waals surface area contributed by atoms with Gasteiger partial charge in [0.25, 0.3) is 0 Å². The van der Waals surface area contributed by atoms with E-state index in [9.17, 15) is 0 Å². The zero-order valence-corrected chi connectivity index (χ0v) is 6.21. The van der Waals surface area contributed by atoms with E-state index in [1.807, 2.05) is 11.4 Å². The highest BCUT2D eigenvalue weighted by Gasteiger charge is 2.27. The highest BCUT2D eigenvalue weighted by atomic mass is 35.5. The van der Waals surface area contributed by atoms with Crippen molar-refractivity contribution >= 4 is 22.9 Å². The maximum Gasteiger partial charge on any atom is 0.117 e. The molecule has 1 nitrogen and oxygen atoms in total. The van der Waals surface area contributed by atoms with Crippen molar-refractivity contribution in [2.75, 3.05) is 6.61 Å². The number of thiophene rings is 1. The van der Waals surface area contributed by atoms with Crippen LogP contribution >= 0.6 is 22.9 Å². The summed E-state index contributed by atoms with van der Waals surface area (Å²) in [6.07, 6.45) is 0.317. The van der Waals surface area contributed by atoms with Crippen molar-refractivity contribution in [1.82, 2.24) is 0 Å². The predicted molar refractivity (Wildman–Crippen MR) is 38.0 cm³/mol. The molecule has 1 aromatic heterocycles. The molecule has 0 saturated carbocycles. The molecule has 0 aromatic carbocycles. The zero-order chi connectivity index (χ0) is 6.27. The van der Waals surface area contributed by atoms with E-state index in [1.165, 1.54) is 4.88 Å². The Kier molecular flexibility index (Phi) is 1.25. The van der Waals surface area contributed by atoms with Crippen molar-refractivity contribution in [2.24, 2.45) is 0 Å². The molecule has 3 heteroatoms. The lowest BCUT2D eigenvalue weighted by Crippen LogP contribution is -1.69. The van der Waals surface area contributed by atoms with Gasteiger partial charge in [-0.2, -0.15) is 0 Å². The van der Waals surface area contributed by atoms with E-state index in [4.69, 9.17) is 16.3 Å². The predicted octanol–water partition coefficient (Wildman–Crippen LogP) is 2.47. The molecule has 0 N–H and O–H groups in total. The Morgan fingerprint density at radius 3 is 3.00 bits per heavy atom. The van der Waals surface area contributed by atoms with Crippen LogP contribution in [0.1, 0.15) is 11.0 Å². The number of hydrogen-bond acceptors (Lipinski definition) is 2. The summed E-state index contributed by atoms with van der Waals surface area (Å²) in [4.78, 5) is 1.18. The van der Waals surface area contributed by atoms with Gasteiger partial charge in [-0.3, -0.25) is 0 Å². The van der Waals surface area contributed by atoms with Crippen molar-refractivity contribution in [3.8, 4) is 0 Å². The third-order valence-corrected chi connectivity index (χ3v) is 2.72. The first-order valence-electron chi connectivity index (χ1n) is 2.72. The van der Waals surface area contributed by atoms with Crippen LogP contribution in [0.3, 0.4) is 0 Å². The molecule has 1 aliphatic heterocycles. The van der Waals surface area contributed by atoms with Crippen LogP contribution in [-0.2, 0) is 4.74 Å². The summed E-state index contributed by atoms with van der Waals surface area (Å²) in [7, 11) is 0. The zero-order valence-electron chi connectivity index (χ0n) is 4.63. The lowest BCUT2D eigenvalue weighted by molar-refractivity contribution is 0.418. The van der Waals surface area contributed by atoms with Crippen LogP contribution < -0.4 is 0 Å². The van der Waals surface area contributed by atoms with Crippen LogP contribution in [0.2, 0.25) is 5.02 Å². The Balaban J connectivity index is 2.35. The van der Waals surface area contributed by atoms with Crippen molar-refractivity contribution < 1.29 is 4.74 Å². The third kappa shape index (κ3) is 0.980. The number of epoxide rings is 1. The van der Waals surface area contributed by atoms with Crippen molar-refractivity contribution in [2.45, 2.75) is 6.10 Å². The standard InChI is InChI=1S/C6H5ClOS/c7-4-1-2-9-6(4)5-3-8-5/h1-2,5H,3H2/t5-/m1/s1. The fourth-order valence-electron chi connectivity index (χ4n) is 0.735. The first kappa shape index (κ1) is 5.71. The molecule has 1 atom stereocenters. The fourth-order valence-corrected chi connectivity index (χ4v) is 1.95. The second-order valence-corrected chi connectivity index (χ2v) is 3.31. The lowest BCUT2D eigenvalue weighted by atomic mass is 10.4. The van der Waals surface area contributed by atoms with Gasteiger partial charge in [-0.15, -0.1) is 11.3 Å². The minimum atomic E-state index is 0.317. The van der Waals surface area contributed by atoms with E-state index in [-0.39, 0.29) is 0 Å². The number of hydrogen-bond donors (Lipinski definition) is 0. The third-order valence-electron chi connectivity index (χ3n) is 1.27. The van der Waals surface area contributed by atoms with Crippen LogP contribution in [0.4, 0.5) is 0 Å². The lowest BCUT2D eigenvalue weighted by Gasteiger charge is -1.85. The summed E-state index contributed by atoms with van der Waals surface area (Å²) in [6.45, 7) is 0.847. The number of rotatable bonds is 1. The van der Waals surface area contributed by atoms with Gasteiger partial charge in [0.05, 0.1) is 16.5 Å². The highest BCUT2D eigenvalue weighted by molar-refractivity contribution is 7.10. The van der Waals surface area contributed by atoms with E-state index in [0.717, 1.165) is 11.6 Å². The molecule has 1 aromatic rings. The molecule has 0 spiro atoms. The van der Waals surface area contributed by atoms with E-state index >= 15 is 0 Å². The normalized spacial score (nSPS) is 24.3. The molecule has 0 unspecified atom stereocenters. The van der Waals surface area contributed by atoms with Crippen molar-refractivity contribution in [3.63, 3.8) is 0 Å². The molecule has 0 amide bonds. The molecule has 48 valence electrons. The quantitative estimate of drug-likeness (QED) is 0.575. The molecule has 0 aliphatic carbocycles. The minimum Gasteiger partial charge on any atom is -0.367 e. The first-order chi connectivity index (χ1) is 4.38. The van der Waals surface area contributed by atoms with E-state index in [0.29, 0.717) is 6.10 Å². The molecule has 1 fully saturated rings. The summed E-state index contributed by atoms with van der Waals surface area (Å²) in [5.74, 6) is 0. The Bertz CT molecular complexity index is 217. The Hall–Kier alpha value is -0.0500.